The van der Waals surface area contributed by atoms with Gasteiger partial charge < -0.3 is 15.7 Å². The van der Waals surface area contributed by atoms with Gasteiger partial charge in [0, 0.05) is 13.1 Å². The fourth-order valence-corrected chi connectivity index (χ4v) is 2.06. The Morgan fingerprint density at radius 2 is 2.21 bits per heavy atom. The van der Waals surface area contributed by atoms with E-state index in [1.54, 1.807) is 0 Å². The Hall–Kier alpha value is -1.53. The minimum atomic E-state index is -0.994. The second-order valence-corrected chi connectivity index (χ2v) is 4.58. The van der Waals surface area contributed by atoms with Crippen molar-refractivity contribution in [3.8, 4) is 0 Å². The standard InChI is InChI=1S/C13H16F2N2O2/c14-9-4-3-8(6-10(9)15)12(18)7-17-11-2-1-5-16-13(11)19/h3-4,6,11-12,17-18H,1-2,5,7H2,(H,16,19). The quantitative estimate of drug-likeness (QED) is 0.760. The Morgan fingerprint density at radius 1 is 1.42 bits per heavy atom. The third-order valence-electron chi connectivity index (χ3n) is 3.17. The topological polar surface area (TPSA) is 61.4 Å². The van der Waals surface area contributed by atoms with Crippen molar-refractivity contribution in [1.29, 1.82) is 0 Å². The highest BCUT2D eigenvalue weighted by Crippen LogP contribution is 2.16. The summed E-state index contributed by atoms with van der Waals surface area (Å²) >= 11 is 0. The lowest BCUT2D eigenvalue weighted by molar-refractivity contribution is -0.124. The minimum Gasteiger partial charge on any atom is -0.387 e. The predicted octanol–water partition coefficient (Wildman–Crippen LogP) is 0.866. The molecule has 2 unspecified atom stereocenters. The summed E-state index contributed by atoms with van der Waals surface area (Å²) in [5, 5.41) is 15.5. The van der Waals surface area contributed by atoms with Crippen LogP contribution in [0.25, 0.3) is 0 Å². The molecule has 1 aromatic carbocycles. The smallest absolute Gasteiger partial charge is 0.237 e. The highest BCUT2D eigenvalue weighted by Gasteiger charge is 2.22. The summed E-state index contributed by atoms with van der Waals surface area (Å²) in [4.78, 5) is 11.5. The highest BCUT2D eigenvalue weighted by molar-refractivity contribution is 5.82. The Balaban J connectivity index is 1.91. The molecule has 0 radical (unpaired) electrons. The molecule has 1 heterocycles. The number of aliphatic hydroxyl groups excluding tert-OH is 1. The zero-order valence-corrected chi connectivity index (χ0v) is 10.3. The highest BCUT2D eigenvalue weighted by atomic mass is 19.2. The number of piperidine rings is 1. The fraction of sp³-hybridized carbons (Fsp3) is 0.462. The Morgan fingerprint density at radius 3 is 2.89 bits per heavy atom. The molecule has 1 aromatic rings. The number of nitrogens with one attached hydrogen (secondary N) is 2. The van der Waals surface area contributed by atoms with Gasteiger partial charge in [0.15, 0.2) is 11.6 Å². The normalized spacial score (nSPS) is 21.0. The van der Waals surface area contributed by atoms with Crippen LogP contribution in [0.15, 0.2) is 18.2 Å². The molecule has 6 heteroatoms. The number of carbonyl (C=O) groups is 1. The Bertz CT molecular complexity index is 468. The maximum Gasteiger partial charge on any atom is 0.237 e. The molecule has 0 aliphatic carbocycles. The molecule has 1 amide bonds. The number of rotatable bonds is 4. The van der Waals surface area contributed by atoms with Crippen LogP contribution in [0, 0.1) is 11.6 Å². The van der Waals surface area contributed by atoms with Crippen molar-refractivity contribution >= 4 is 5.91 Å². The molecule has 3 N–H and O–H groups in total. The second-order valence-electron chi connectivity index (χ2n) is 4.58. The first-order valence-electron chi connectivity index (χ1n) is 6.22. The third-order valence-corrected chi connectivity index (χ3v) is 3.17. The Kier molecular flexibility index (Phi) is 4.44. The SMILES string of the molecule is O=C1NCCCC1NCC(O)c1ccc(F)c(F)c1. The number of amides is 1. The Labute approximate surface area is 109 Å². The number of carbonyl (C=O) groups excluding carboxylic acids is 1. The van der Waals surface area contributed by atoms with Gasteiger partial charge >= 0.3 is 0 Å². The second kappa shape index (κ2) is 6.08. The third kappa shape index (κ3) is 3.48. The number of aliphatic hydroxyl groups is 1. The van der Waals surface area contributed by atoms with Crippen LogP contribution >= 0.6 is 0 Å². The molecule has 2 rings (SSSR count). The van der Waals surface area contributed by atoms with Crippen LogP contribution in [0.5, 0.6) is 0 Å². The summed E-state index contributed by atoms with van der Waals surface area (Å²) in [6, 6.07) is 2.92. The van der Waals surface area contributed by atoms with Gasteiger partial charge in [-0.1, -0.05) is 6.07 Å². The van der Waals surface area contributed by atoms with Crippen LogP contribution in [0.2, 0.25) is 0 Å². The van der Waals surface area contributed by atoms with E-state index in [4.69, 9.17) is 0 Å². The summed E-state index contributed by atoms with van der Waals surface area (Å²) in [6.45, 7) is 0.784. The van der Waals surface area contributed by atoms with Gasteiger partial charge in [-0.25, -0.2) is 8.78 Å². The van der Waals surface area contributed by atoms with Crippen molar-refractivity contribution in [2.45, 2.75) is 25.0 Å². The van der Waals surface area contributed by atoms with Crippen molar-refractivity contribution in [1.82, 2.24) is 10.6 Å². The fourth-order valence-electron chi connectivity index (χ4n) is 2.06. The number of hydrogen-bond donors (Lipinski definition) is 3. The van der Waals surface area contributed by atoms with E-state index in [9.17, 15) is 18.7 Å². The van der Waals surface area contributed by atoms with E-state index < -0.39 is 17.7 Å². The molecule has 1 aliphatic rings. The van der Waals surface area contributed by atoms with Gasteiger partial charge in [0.25, 0.3) is 0 Å². The average molecular weight is 270 g/mol. The number of hydrogen-bond acceptors (Lipinski definition) is 3. The lowest BCUT2D eigenvalue weighted by Gasteiger charge is -2.24. The van der Waals surface area contributed by atoms with Gasteiger partial charge in [-0.15, -0.1) is 0 Å². The minimum absolute atomic E-state index is 0.0938. The van der Waals surface area contributed by atoms with Crippen LogP contribution in [-0.4, -0.2) is 30.1 Å². The first-order chi connectivity index (χ1) is 9.08. The molecule has 1 fully saturated rings. The van der Waals surface area contributed by atoms with Crippen LogP contribution in [-0.2, 0) is 4.79 Å². The maximum absolute atomic E-state index is 13.0. The number of halogens is 2. The summed E-state index contributed by atoms with van der Waals surface area (Å²) in [5.74, 6) is -2.04. The van der Waals surface area contributed by atoms with Crippen LogP contribution in [0.3, 0.4) is 0 Å². The molecule has 0 bridgehead atoms. The van der Waals surface area contributed by atoms with Crippen molar-refractivity contribution in [2.75, 3.05) is 13.1 Å². The lowest BCUT2D eigenvalue weighted by Crippen LogP contribution is -2.49. The zero-order chi connectivity index (χ0) is 13.8. The van der Waals surface area contributed by atoms with E-state index in [1.807, 2.05) is 0 Å². The molecule has 19 heavy (non-hydrogen) atoms. The van der Waals surface area contributed by atoms with Crippen molar-refractivity contribution < 1.29 is 18.7 Å². The van der Waals surface area contributed by atoms with Crippen LogP contribution in [0.1, 0.15) is 24.5 Å². The first kappa shape index (κ1) is 13.9. The molecule has 1 aliphatic heterocycles. The van der Waals surface area contributed by atoms with Gasteiger partial charge in [0.2, 0.25) is 5.91 Å². The van der Waals surface area contributed by atoms with Crippen molar-refractivity contribution in [2.24, 2.45) is 0 Å². The number of benzene rings is 1. The van der Waals surface area contributed by atoms with E-state index in [2.05, 4.69) is 10.6 Å². The predicted molar refractivity (Wildman–Crippen MR) is 65.4 cm³/mol. The maximum atomic E-state index is 13.0. The molecular weight excluding hydrogens is 254 g/mol. The molecule has 104 valence electrons. The van der Waals surface area contributed by atoms with Crippen molar-refractivity contribution in [3.05, 3.63) is 35.4 Å². The molecular formula is C13H16F2N2O2. The lowest BCUT2D eigenvalue weighted by atomic mass is 10.1. The summed E-state index contributed by atoms with van der Waals surface area (Å²) in [7, 11) is 0. The zero-order valence-electron chi connectivity index (χ0n) is 10.3. The molecule has 4 nitrogen and oxygen atoms in total. The van der Waals surface area contributed by atoms with Gasteiger partial charge in [-0.3, -0.25) is 4.79 Å². The first-order valence-corrected chi connectivity index (χ1v) is 6.22. The van der Waals surface area contributed by atoms with E-state index in [0.29, 0.717) is 13.0 Å². The summed E-state index contributed by atoms with van der Waals surface area (Å²) in [5.41, 5.74) is 0.280. The van der Waals surface area contributed by atoms with Crippen LogP contribution < -0.4 is 10.6 Å². The molecule has 0 spiro atoms. The van der Waals surface area contributed by atoms with Crippen molar-refractivity contribution in [3.63, 3.8) is 0 Å². The van der Waals surface area contributed by atoms with E-state index >= 15 is 0 Å². The van der Waals surface area contributed by atoms with Gasteiger partial charge in [-0.05, 0) is 30.5 Å². The van der Waals surface area contributed by atoms with Gasteiger partial charge in [-0.2, -0.15) is 0 Å². The molecule has 0 saturated carbocycles. The van der Waals surface area contributed by atoms with E-state index in [0.717, 1.165) is 18.6 Å². The van der Waals surface area contributed by atoms with Crippen LogP contribution in [0.4, 0.5) is 8.78 Å². The molecule has 0 aromatic heterocycles. The largest absolute Gasteiger partial charge is 0.387 e. The van der Waals surface area contributed by atoms with Gasteiger partial charge in [0.05, 0.1) is 12.1 Å². The van der Waals surface area contributed by atoms with E-state index in [1.165, 1.54) is 6.07 Å². The molecule has 1 saturated heterocycles. The monoisotopic (exact) mass is 270 g/mol. The summed E-state index contributed by atoms with van der Waals surface area (Å²) < 4.78 is 25.8. The average Bonchev–Trinajstić information content (AvgIpc) is 2.40. The summed E-state index contributed by atoms with van der Waals surface area (Å²) in [6.07, 6.45) is 0.603. The molecule has 2 atom stereocenters. The van der Waals surface area contributed by atoms with Gasteiger partial charge in [0.1, 0.15) is 0 Å². The van der Waals surface area contributed by atoms with E-state index in [-0.39, 0.29) is 24.1 Å².